The van der Waals surface area contributed by atoms with Gasteiger partial charge >= 0.3 is 5.97 Å². The predicted octanol–water partition coefficient (Wildman–Crippen LogP) is 2.56. The number of thiazole rings is 1. The van der Waals surface area contributed by atoms with Crippen LogP contribution < -0.4 is 10.1 Å². The standard InChI is InChI=1S/C15H16N2O4S/c1-9-4-5-11(10(2)6-9)21-8-13(18)17-15-16-7-12(22-15)14(19)20-3/h4-7H,8H2,1-3H3,(H,16,17,18). The molecule has 2 rings (SSSR count). The zero-order chi connectivity index (χ0) is 16.1. The van der Waals surface area contributed by atoms with Gasteiger partial charge in [0, 0.05) is 0 Å². The average Bonchev–Trinajstić information content (AvgIpc) is 2.94. The van der Waals surface area contributed by atoms with E-state index in [2.05, 4.69) is 15.0 Å². The minimum atomic E-state index is -0.482. The van der Waals surface area contributed by atoms with E-state index in [1.54, 1.807) is 0 Å². The van der Waals surface area contributed by atoms with Crippen molar-refractivity contribution in [2.75, 3.05) is 19.0 Å². The molecule has 22 heavy (non-hydrogen) atoms. The summed E-state index contributed by atoms with van der Waals surface area (Å²) in [4.78, 5) is 27.4. The molecule has 1 N–H and O–H groups in total. The number of nitrogens with zero attached hydrogens (tertiary/aromatic N) is 1. The van der Waals surface area contributed by atoms with Gasteiger partial charge in [-0.2, -0.15) is 0 Å². The van der Waals surface area contributed by atoms with Gasteiger partial charge in [-0.15, -0.1) is 0 Å². The van der Waals surface area contributed by atoms with Gasteiger partial charge in [0.1, 0.15) is 10.6 Å². The van der Waals surface area contributed by atoms with Crippen LogP contribution in [0.1, 0.15) is 20.8 Å². The Labute approximate surface area is 132 Å². The lowest BCUT2D eigenvalue weighted by Crippen LogP contribution is -2.20. The highest BCUT2D eigenvalue weighted by Gasteiger charge is 2.13. The zero-order valence-corrected chi connectivity index (χ0v) is 13.3. The molecule has 0 unspecified atom stereocenters. The normalized spacial score (nSPS) is 10.1. The molecule has 0 saturated heterocycles. The summed E-state index contributed by atoms with van der Waals surface area (Å²) in [5.74, 6) is -0.162. The molecule has 0 saturated carbocycles. The third kappa shape index (κ3) is 4.05. The van der Waals surface area contributed by atoms with Crippen molar-refractivity contribution >= 4 is 28.3 Å². The van der Waals surface area contributed by atoms with Gasteiger partial charge in [-0.25, -0.2) is 9.78 Å². The topological polar surface area (TPSA) is 77.5 Å². The number of benzene rings is 1. The van der Waals surface area contributed by atoms with Crippen molar-refractivity contribution in [3.05, 3.63) is 40.4 Å². The Morgan fingerprint density at radius 2 is 2.09 bits per heavy atom. The molecule has 1 aromatic carbocycles. The minimum absolute atomic E-state index is 0.128. The summed E-state index contributed by atoms with van der Waals surface area (Å²) >= 11 is 1.05. The van der Waals surface area contributed by atoms with Crippen molar-refractivity contribution in [1.82, 2.24) is 4.98 Å². The van der Waals surface area contributed by atoms with Gasteiger partial charge in [-0.05, 0) is 25.5 Å². The molecule has 1 amide bonds. The lowest BCUT2D eigenvalue weighted by atomic mass is 10.1. The van der Waals surface area contributed by atoms with Crippen molar-refractivity contribution < 1.29 is 19.1 Å². The van der Waals surface area contributed by atoms with Crippen molar-refractivity contribution in [1.29, 1.82) is 0 Å². The second kappa shape index (κ2) is 7.04. The van der Waals surface area contributed by atoms with E-state index in [1.165, 1.54) is 13.3 Å². The third-order valence-electron chi connectivity index (χ3n) is 2.83. The molecule has 0 fully saturated rings. The Morgan fingerprint density at radius 3 is 2.77 bits per heavy atom. The van der Waals surface area contributed by atoms with Gasteiger partial charge in [0.25, 0.3) is 5.91 Å². The van der Waals surface area contributed by atoms with Crippen LogP contribution in [0.5, 0.6) is 5.75 Å². The van der Waals surface area contributed by atoms with E-state index in [0.717, 1.165) is 22.5 Å². The number of methoxy groups -OCH3 is 1. The number of rotatable bonds is 5. The first-order chi connectivity index (χ1) is 10.5. The van der Waals surface area contributed by atoms with E-state index in [4.69, 9.17) is 4.74 Å². The molecule has 1 aromatic heterocycles. The van der Waals surface area contributed by atoms with Crippen molar-refractivity contribution in [2.45, 2.75) is 13.8 Å². The number of hydrogen-bond donors (Lipinski definition) is 1. The first-order valence-corrected chi connectivity index (χ1v) is 7.35. The fraction of sp³-hybridized carbons (Fsp3) is 0.267. The Bertz CT molecular complexity index is 697. The van der Waals surface area contributed by atoms with Crippen LogP contribution in [0.4, 0.5) is 5.13 Å². The molecule has 116 valence electrons. The number of nitrogens with one attached hydrogen (secondary N) is 1. The number of carbonyl (C=O) groups excluding carboxylic acids is 2. The minimum Gasteiger partial charge on any atom is -0.483 e. The Hall–Kier alpha value is -2.41. The van der Waals surface area contributed by atoms with Gasteiger partial charge in [-0.3, -0.25) is 10.1 Å². The maximum atomic E-state index is 11.8. The number of ether oxygens (including phenoxy) is 2. The van der Waals surface area contributed by atoms with Crippen LogP contribution in [0.2, 0.25) is 0 Å². The van der Waals surface area contributed by atoms with Gasteiger partial charge in [0.2, 0.25) is 0 Å². The van der Waals surface area contributed by atoms with Gasteiger partial charge in [0.15, 0.2) is 11.7 Å². The Kier molecular flexibility index (Phi) is 5.11. The van der Waals surface area contributed by atoms with Crippen molar-refractivity contribution in [3.63, 3.8) is 0 Å². The smallest absolute Gasteiger partial charge is 0.349 e. The molecule has 7 heteroatoms. The van der Waals surface area contributed by atoms with Crippen LogP contribution in [0.3, 0.4) is 0 Å². The second-order valence-corrected chi connectivity index (χ2v) is 5.66. The number of carbonyl (C=O) groups is 2. The number of amides is 1. The second-order valence-electron chi connectivity index (χ2n) is 4.63. The number of aryl methyl sites for hydroxylation is 2. The molecule has 0 aliphatic heterocycles. The highest BCUT2D eigenvalue weighted by atomic mass is 32.1. The van der Waals surface area contributed by atoms with Crippen molar-refractivity contribution in [3.8, 4) is 5.75 Å². The van der Waals surface area contributed by atoms with E-state index in [1.807, 2.05) is 32.0 Å². The SMILES string of the molecule is COC(=O)c1cnc(NC(=O)COc2ccc(C)cc2C)s1. The molecule has 0 aliphatic carbocycles. The summed E-state index contributed by atoms with van der Waals surface area (Å²) in [5.41, 5.74) is 2.10. The number of aromatic nitrogens is 1. The predicted molar refractivity (Wildman–Crippen MR) is 83.5 cm³/mol. The highest BCUT2D eigenvalue weighted by molar-refractivity contribution is 7.17. The van der Waals surface area contributed by atoms with Crippen molar-refractivity contribution in [2.24, 2.45) is 0 Å². The van der Waals surface area contributed by atoms with E-state index < -0.39 is 5.97 Å². The fourth-order valence-electron chi connectivity index (χ4n) is 1.79. The first-order valence-electron chi connectivity index (χ1n) is 6.53. The number of anilines is 1. The molecule has 0 bridgehead atoms. The summed E-state index contributed by atoms with van der Waals surface area (Å²) in [6, 6.07) is 5.73. The number of hydrogen-bond acceptors (Lipinski definition) is 6. The number of esters is 1. The van der Waals surface area contributed by atoms with Crippen LogP contribution in [-0.2, 0) is 9.53 Å². The summed E-state index contributed by atoms with van der Waals surface area (Å²) in [5, 5.41) is 2.91. The van der Waals surface area contributed by atoms with E-state index in [0.29, 0.717) is 15.8 Å². The molecule has 2 aromatic rings. The van der Waals surface area contributed by atoms with E-state index >= 15 is 0 Å². The summed E-state index contributed by atoms with van der Waals surface area (Å²) in [6.07, 6.45) is 1.36. The average molecular weight is 320 g/mol. The van der Waals surface area contributed by atoms with Gasteiger partial charge in [0.05, 0.1) is 13.3 Å². The van der Waals surface area contributed by atoms with Crippen LogP contribution in [-0.4, -0.2) is 30.6 Å². The van der Waals surface area contributed by atoms with E-state index in [9.17, 15) is 9.59 Å². The molecule has 0 aliphatic rings. The zero-order valence-electron chi connectivity index (χ0n) is 12.5. The molecule has 6 nitrogen and oxygen atoms in total. The van der Waals surface area contributed by atoms with Gasteiger partial charge in [-0.1, -0.05) is 29.0 Å². The quantitative estimate of drug-likeness (QED) is 0.857. The Morgan fingerprint density at radius 1 is 1.32 bits per heavy atom. The third-order valence-corrected chi connectivity index (χ3v) is 3.72. The monoisotopic (exact) mass is 320 g/mol. The molecule has 0 radical (unpaired) electrons. The Balaban J connectivity index is 1.90. The lowest BCUT2D eigenvalue weighted by Gasteiger charge is -2.09. The van der Waals surface area contributed by atoms with Crippen LogP contribution in [0.15, 0.2) is 24.4 Å². The first kappa shape index (κ1) is 16.0. The highest BCUT2D eigenvalue weighted by Crippen LogP contribution is 2.20. The maximum absolute atomic E-state index is 11.8. The van der Waals surface area contributed by atoms with E-state index in [-0.39, 0.29) is 12.5 Å². The molecule has 1 heterocycles. The summed E-state index contributed by atoms with van der Waals surface area (Å²) in [6.45, 7) is 3.78. The lowest BCUT2D eigenvalue weighted by molar-refractivity contribution is -0.118. The van der Waals surface area contributed by atoms with Gasteiger partial charge < -0.3 is 9.47 Å². The van der Waals surface area contributed by atoms with Crippen LogP contribution >= 0.6 is 11.3 Å². The summed E-state index contributed by atoms with van der Waals surface area (Å²) < 4.78 is 10.1. The maximum Gasteiger partial charge on any atom is 0.349 e. The van der Waals surface area contributed by atoms with Crippen LogP contribution in [0, 0.1) is 13.8 Å². The molecule has 0 atom stereocenters. The fourth-order valence-corrected chi connectivity index (χ4v) is 2.54. The summed E-state index contributed by atoms with van der Waals surface area (Å²) in [7, 11) is 1.29. The largest absolute Gasteiger partial charge is 0.483 e. The van der Waals surface area contributed by atoms with Crippen LogP contribution in [0.25, 0.3) is 0 Å². The molecular weight excluding hydrogens is 304 g/mol. The molecular formula is C15H16N2O4S. The molecule has 0 spiro atoms.